The van der Waals surface area contributed by atoms with Gasteiger partial charge in [0.2, 0.25) is 5.91 Å². The standard InChI is InChI=1S/C20H20N2O4/c23-19(21-25)15-5-6-16-12-22(7-8-26-18(16)11-15)20(24)17-9-13-3-1-2-4-14(13)10-17/h1-6,11,17,25H,7-10,12H2,(H,21,23). The molecule has 1 aliphatic carbocycles. The summed E-state index contributed by atoms with van der Waals surface area (Å²) in [5.41, 5.74) is 5.32. The van der Waals surface area contributed by atoms with Crippen LogP contribution in [-0.4, -0.2) is 35.1 Å². The fraction of sp³-hybridized carbons (Fsp3) is 0.300. The highest BCUT2D eigenvalue weighted by Gasteiger charge is 2.31. The largest absolute Gasteiger partial charge is 0.491 e. The highest BCUT2D eigenvalue weighted by molar-refractivity contribution is 5.93. The van der Waals surface area contributed by atoms with Gasteiger partial charge in [0.1, 0.15) is 12.4 Å². The van der Waals surface area contributed by atoms with Crippen LogP contribution in [0.3, 0.4) is 0 Å². The number of hydrogen-bond acceptors (Lipinski definition) is 4. The van der Waals surface area contributed by atoms with Crippen molar-refractivity contribution in [3.8, 4) is 5.75 Å². The van der Waals surface area contributed by atoms with Crippen LogP contribution in [0.1, 0.15) is 27.0 Å². The third-order valence-electron chi connectivity index (χ3n) is 5.12. The van der Waals surface area contributed by atoms with Crippen molar-refractivity contribution in [3.63, 3.8) is 0 Å². The van der Waals surface area contributed by atoms with Crippen LogP contribution in [0.2, 0.25) is 0 Å². The molecule has 26 heavy (non-hydrogen) atoms. The molecule has 6 nitrogen and oxygen atoms in total. The number of amides is 2. The van der Waals surface area contributed by atoms with E-state index in [4.69, 9.17) is 9.94 Å². The lowest BCUT2D eigenvalue weighted by molar-refractivity contribution is -0.136. The van der Waals surface area contributed by atoms with E-state index in [1.54, 1.807) is 23.7 Å². The maximum Gasteiger partial charge on any atom is 0.274 e. The third kappa shape index (κ3) is 3.04. The second kappa shape index (κ2) is 6.80. The summed E-state index contributed by atoms with van der Waals surface area (Å²) in [6.45, 7) is 1.35. The summed E-state index contributed by atoms with van der Waals surface area (Å²) in [7, 11) is 0. The quantitative estimate of drug-likeness (QED) is 0.640. The second-order valence-electron chi connectivity index (χ2n) is 6.75. The summed E-state index contributed by atoms with van der Waals surface area (Å²) in [5, 5.41) is 8.77. The van der Waals surface area contributed by atoms with Gasteiger partial charge in [0.25, 0.3) is 5.91 Å². The zero-order valence-electron chi connectivity index (χ0n) is 14.3. The molecule has 0 saturated carbocycles. The normalized spacial score (nSPS) is 16.3. The topological polar surface area (TPSA) is 78.9 Å². The van der Waals surface area contributed by atoms with E-state index in [9.17, 15) is 9.59 Å². The lowest BCUT2D eigenvalue weighted by Gasteiger charge is -2.23. The second-order valence-corrected chi connectivity index (χ2v) is 6.75. The van der Waals surface area contributed by atoms with E-state index >= 15 is 0 Å². The molecule has 0 aromatic heterocycles. The minimum atomic E-state index is -0.586. The Labute approximate surface area is 151 Å². The summed E-state index contributed by atoms with van der Waals surface area (Å²) in [5.74, 6) is 0.122. The van der Waals surface area contributed by atoms with Crippen molar-refractivity contribution >= 4 is 11.8 Å². The van der Waals surface area contributed by atoms with Crippen LogP contribution in [0.4, 0.5) is 0 Å². The molecule has 2 amide bonds. The van der Waals surface area contributed by atoms with Crippen molar-refractivity contribution in [2.24, 2.45) is 5.92 Å². The summed E-state index contributed by atoms with van der Waals surface area (Å²) in [4.78, 5) is 26.4. The van der Waals surface area contributed by atoms with Gasteiger partial charge in [-0.05, 0) is 36.1 Å². The van der Waals surface area contributed by atoms with Gasteiger partial charge in [-0.2, -0.15) is 0 Å². The number of benzene rings is 2. The molecule has 2 N–H and O–H groups in total. The minimum Gasteiger partial charge on any atom is -0.491 e. The molecule has 2 aliphatic rings. The van der Waals surface area contributed by atoms with Crippen molar-refractivity contribution < 1.29 is 19.5 Å². The molecule has 0 radical (unpaired) electrons. The van der Waals surface area contributed by atoms with Crippen LogP contribution < -0.4 is 10.2 Å². The highest BCUT2D eigenvalue weighted by atomic mass is 16.5. The minimum absolute atomic E-state index is 0.0200. The van der Waals surface area contributed by atoms with Crippen LogP contribution in [0.25, 0.3) is 0 Å². The molecular weight excluding hydrogens is 332 g/mol. The first kappa shape index (κ1) is 16.6. The number of carbonyl (C=O) groups excluding carboxylic acids is 2. The first-order chi connectivity index (χ1) is 12.7. The van der Waals surface area contributed by atoms with E-state index in [0.717, 1.165) is 18.4 Å². The van der Waals surface area contributed by atoms with Gasteiger partial charge >= 0.3 is 0 Å². The van der Waals surface area contributed by atoms with E-state index in [-0.39, 0.29) is 11.8 Å². The predicted molar refractivity (Wildman–Crippen MR) is 93.9 cm³/mol. The van der Waals surface area contributed by atoms with E-state index in [1.165, 1.54) is 11.1 Å². The molecule has 134 valence electrons. The van der Waals surface area contributed by atoms with Crippen molar-refractivity contribution in [1.82, 2.24) is 10.4 Å². The maximum absolute atomic E-state index is 13.0. The van der Waals surface area contributed by atoms with Gasteiger partial charge in [-0.15, -0.1) is 0 Å². The zero-order chi connectivity index (χ0) is 18.1. The Kier molecular flexibility index (Phi) is 4.34. The highest BCUT2D eigenvalue weighted by Crippen LogP contribution is 2.30. The van der Waals surface area contributed by atoms with Crippen LogP contribution in [-0.2, 0) is 24.2 Å². The molecule has 4 rings (SSSR count). The number of fused-ring (bicyclic) bond motifs is 2. The van der Waals surface area contributed by atoms with Crippen molar-refractivity contribution in [2.45, 2.75) is 19.4 Å². The molecule has 1 aliphatic heterocycles. The molecule has 0 bridgehead atoms. The lowest BCUT2D eigenvalue weighted by atomic mass is 10.0. The molecule has 0 unspecified atom stereocenters. The first-order valence-electron chi connectivity index (χ1n) is 8.71. The Morgan fingerprint density at radius 3 is 2.50 bits per heavy atom. The predicted octanol–water partition coefficient (Wildman–Crippen LogP) is 1.94. The molecule has 0 saturated heterocycles. The van der Waals surface area contributed by atoms with Crippen LogP contribution in [0.5, 0.6) is 5.75 Å². The molecule has 6 heteroatoms. The van der Waals surface area contributed by atoms with Crippen LogP contribution >= 0.6 is 0 Å². The molecule has 1 heterocycles. The molecule has 2 aromatic rings. The smallest absolute Gasteiger partial charge is 0.274 e. The lowest BCUT2D eigenvalue weighted by Crippen LogP contribution is -2.37. The fourth-order valence-corrected chi connectivity index (χ4v) is 3.76. The van der Waals surface area contributed by atoms with Gasteiger partial charge in [-0.1, -0.05) is 30.3 Å². The van der Waals surface area contributed by atoms with E-state index < -0.39 is 5.91 Å². The summed E-state index contributed by atoms with van der Waals surface area (Å²) in [6, 6.07) is 13.2. The van der Waals surface area contributed by atoms with E-state index in [2.05, 4.69) is 12.1 Å². The Balaban J connectivity index is 1.51. The van der Waals surface area contributed by atoms with Gasteiger partial charge in [-0.25, -0.2) is 5.48 Å². The number of rotatable bonds is 2. The number of nitrogens with one attached hydrogen (secondary N) is 1. The van der Waals surface area contributed by atoms with Crippen molar-refractivity contribution in [1.29, 1.82) is 0 Å². The first-order valence-corrected chi connectivity index (χ1v) is 8.71. The maximum atomic E-state index is 13.0. The summed E-state index contributed by atoms with van der Waals surface area (Å²) < 4.78 is 5.73. The fourth-order valence-electron chi connectivity index (χ4n) is 3.76. The average Bonchev–Trinajstić information content (AvgIpc) is 2.99. The van der Waals surface area contributed by atoms with E-state index in [0.29, 0.717) is 31.0 Å². The number of ether oxygens (including phenoxy) is 1. The Hall–Kier alpha value is -2.86. The number of nitrogens with zero attached hydrogens (tertiary/aromatic N) is 1. The van der Waals surface area contributed by atoms with Crippen LogP contribution in [0, 0.1) is 5.92 Å². The summed E-state index contributed by atoms with van der Waals surface area (Å²) in [6.07, 6.45) is 1.57. The Morgan fingerprint density at radius 2 is 1.81 bits per heavy atom. The number of hydroxylamine groups is 1. The van der Waals surface area contributed by atoms with Crippen molar-refractivity contribution in [3.05, 3.63) is 64.7 Å². The van der Waals surface area contributed by atoms with Crippen LogP contribution in [0.15, 0.2) is 42.5 Å². The molecule has 0 atom stereocenters. The molecule has 2 aromatic carbocycles. The molecule has 0 spiro atoms. The van der Waals surface area contributed by atoms with Crippen molar-refractivity contribution in [2.75, 3.05) is 13.2 Å². The van der Waals surface area contributed by atoms with Gasteiger partial charge in [-0.3, -0.25) is 14.8 Å². The average molecular weight is 352 g/mol. The van der Waals surface area contributed by atoms with Gasteiger partial charge < -0.3 is 9.64 Å². The van der Waals surface area contributed by atoms with E-state index in [1.807, 2.05) is 17.0 Å². The molecule has 0 fully saturated rings. The Bertz CT molecular complexity index is 840. The summed E-state index contributed by atoms with van der Waals surface area (Å²) >= 11 is 0. The third-order valence-corrected chi connectivity index (χ3v) is 5.12. The monoisotopic (exact) mass is 352 g/mol. The SMILES string of the molecule is O=C(NO)c1ccc2c(c1)OCCN(C(=O)C1Cc3ccccc3C1)C2. The zero-order valence-corrected chi connectivity index (χ0v) is 14.3. The molecular formula is C20H20N2O4. The Morgan fingerprint density at radius 1 is 1.08 bits per heavy atom. The van der Waals surface area contributed by atoms with Gasteiger partial charge in [0.05, 0.1) is 6.54 Å². The number of hydrogen-bond donors (Lipinski definition) is 2. The van der Waals surface area contributed by atoms with Gasteiger partial charge in [0, 0.05) is 23.6 Å². The van der Waals surface area contributed by atoms with Gasteiger partial charge in [0.15, 0.2) is 0 Å². The number of carbonyl (C=O) groups is 2.